The van der Waals surface area contributed by atoms with Crippen LogP contribution in [0.1, 0.15) is 19.3 Å². The van der Waals surface area contributed by atoms with E-state index in [-0.39, 0.29) is 11.9 Å². The molecule has 1 atom stereocenters. The van der Waals surface area contributed by atoms with Gasteiger partial charge in [-0.1, -0.05) is 0 Å². The van der Waals surface area contributed by atoms with Crippen LogP contribution in [0.4, 0.5) is 0 Å². The van der Waals surface area contributed by atoms with Crippen molar-refractivity contribution in [1.29, 1.82) is 0 Å². The maximum absolute atomic E-state index is 12.2. The van der Waals surface area contributed by atoms with Crippen LogP contribution >= 0.6 is 0 Å². The van der Waals surface area contributed by atoms with E-state index in [1.807, 2.05) is 19.2 Å². The SMILES string of the molecule is COc1cc(OC)cc(OCCCN(C)C(=O)C2CCCN2)c1. The maximum Gasteiger partial charge on any atom is 0.239 e. The molecule has 6 nitrogen and oxygen atoms in total. The average Bonchev–Trinajstić information content (AvgIpc) is 3.11. The lowest BCUT2D eigenvalue weighted by molar-refractivity contribution is -0.131. The summed E-state index contributed by atoms with van der Waals surface area (Å²) in [5.74, 6) is 2.26. The molecule has 1 heterocycles. The molecule has 1 aliphatic rings. The van der Waals surface area contributed by atoms with Crippen LogP contribution in [-0.2, 0) is 4.79 Å². The summed E-state index contributed by atoms with van der Waals surface area (Å²) in [6, 6.07) is 5.43. The van der Waals surface area contributed by atoms with E-state index in [4.69, 9.17) is 14.2 Å². The first-order valence-electron chi connectivity index (χ1n) is 7.98. The fourth-order valence-electron chi connectivity index (χ4n) is 2.63. The van der Waals surface area contributed by atoms with Crippen LogP contribution in [0, 0.1) is 0 Å². The van der Waals surface area contributed by atoms with Crippen LogP contribution < -0.4 is 19.5 Å². The zero-order valence-corrected chi connectivity index (χ0v) is 14.1. The van der Waals surface area contributed by atoms with E-state index in [1.54, 1.807) is 25.2 Å². The largest absolute Gasteiger partial charge is 0.496 e. The third kappa shape index (κ3) is 5.03. The Bertz CT molecular complexity index is 493. The number of rotatable bonds is 8. The van der Waals surface area contributed by atoms with Crippen molar-refractivity contribution >= 4 is 5.91 Å². The highest BCUT2D eigenvalue weighted by molar-refractivity contribution is 5.81. The number of hydrogen-bond donors (Lipinski definition) is 1. The summed E-state index contributed by atoms with van der Waals surface area (Å²) in [4.78, 5) is 13.9. The number of nitrogens with zero attached hydrogens (tertiary/aromatic N) is 1. The Morgan fingerprint density at radius 3 is 2.43 bits per heavy atom. The van der Waals surface area contributed by atoms with Gasteiger partial charge in [0.25, 0.3) is 0 Å². The number of ether oxygens (including phenoxy) is 3. The van der Waals surface area contributed by atoms with Crippen molar-refractivity contribution < 1.29 is 19.0 Å². The highest BCUT2D eigenvalue weighted by Crippen LogP contribution is 2.27. The molecule has 1 unspecified atom stereocenters. The highest BCUT2D eigenvalue weighted by Gasteiger charge is 2.24. The molecule has 0 saturated carbocycles. The minimum atomic E-state index is -0.0106. The predicted octanol–water partition coefficient (Wildman–Crippen LogP) is 1.68. The zero-order valence-electron chi connectivity index (χ0n) is 14.1. The van der Waals surface area contributed by atoms with Gasteiger partial charge >= 0.3 is 0 Å². The van der Waals surface area contributed by atoms with Gasteiger partial charge in [-0.05, 0) is 25.8 Å². The molecule has 1 aromatic carbocycles. The Hall–Kier alpha value is -1.95. The molecule has 128 valence electrons. The van der Waals surface area contributed by atoms with Gasteiger partial charge < -0.3 is 24.4 Å². The lowest BCUT2D eigenvalue weighted by Gasteiger charge is -2.21. The first-order valence-corrected chi connectivity index (χ1v) is 7.98. The Morgan fingerprint density at radius 1 is 1.22 bits per heavy atom. The topological polar surface area (TPSA) is 60.0 Å². The Balaban J connectivity index is 1.75. The summed E-state index contributed by atoms with van der Waals surface area (Å²) in [6.07, 6.45) is 2.78. The van der Waals surface area contributed by atoms with Gasteiger partial charge in [-0.25, -0.2) is 0 Å². The molecule has 2 rings (SSSR count). The van der Waals surface area contributed by atoms with Gasteiger partial charge in [0.15, 0.2) is 0 Å². The number of amides is 1. The Labute approximate surface area is 137 Å². The number of methoxy groups -OCH3 is 2. The molecule has 0 aliphatic carbocycles. The van der Waals surface area contributed by atoms with Gasteiger partial charge in [0.1, 0.15) is 17.2 Å². The highest BCUT2D eigenvalue weighted by atomic mass is 16.5. The molecule has 1 N–H and O–H groups in total. The Kier molecular flexibility index (Phi) is 6.52. The molecule has 1 saturated heterocycles. The van der Waals surface area contributed by atoms with Crippen LogP contribution in [0.2, 0.25) is 0 Å². The van der Waals surface area contributed by atoms with Crippen LogP contribution in [0.3, 0.4) is 0 Å². The summed E-state index contributed by atoms with van der Waals surface area (Å²) < 4.78 is 16.2. The fraction of sp³-hybridized carbons (Fsp3) is 0.588. The summed E-state index contributed by atoms with van der Waals surface area (Å²) in [6.45, 7) is 2.15. The maximum atomic E-state index is 12.2. The standard InChI is InChI=1S/C17H26N2O4/c1-19(17(20)16-6-4-7-18-16)8-5-9-23-15-11-13(21-2)10-14(12-15)22-3/h10-12,16,18H,4-9H2,1-3H3. The molecule has 6 heteroatoms. The molecule has 1 aromatic rings. The van der Waals surface area contributed by atoms with Crippen LogP contribution in [0.25, 0.3) is 0 Å². The third-order valence-electron chi connectivity index (χ3n) is 3.97. The molecule has 0 radical (unpaired) electrons. The molecule has 1 amide bonds. The molecule has 1 aliphatic heterocycles. The molecule has 1 fully saturated rings. The van der Waals surface area contributed by atoms with Crippen molar-refractivity contribution in [2.45, 2.75) is 25.3 Å². The molecule has 0 bridgehead atoms. The van der Waals surface area contributed by atoms with Gasteiger partial charge in [0.2, 0.25) is 5.91 Å². The molecule has 23 heavy (non-hydrogen) atoms. The van der Waals surface area contributed by atoms with Crippen LogP contribution in [0.5, 0.6) is 17.2 Å². The van der Waals surface area contributed by atoms with E-state index in [1.165, 1.54) is 0 Å². The quantitative estimate of drug-likeness (QED) is 0.738. The minimum absolute atomic E-state index is 0.0106. The number of hydrogen-bond acceptors (Lipinski definition) is 5. The summed E-state index contributed by atoms with van der Waals surface area (Å²) in [5.41, 5.74) is 0. The lowest BCUT2D eigenvalue weighted by atomic mass is 10.2. The Morgan fingerprint density at radius 2 is 1.87 bits per heavy atom. The van der Waals surface area contributed by atoms with E-state index in [2.05, 4.69) is 5.32 Å². The number of carbonyl (C=O) groups is 1. The minimum Gasteiger partial charge on any atom is -0.496 e. The molecule has 0 spiro atoms. The summed E-state index contributed by atoms with van der Waals surface area (Å²) in [7, 11) is 5.06. The lowest BCUT2D eigenvalue weighted by Crippen LogP contribution is -2.42. The van der Waals surface area contributed by atoms with Crippen LogP contribution in [-0.4, -0.2) is 57.8 Å². The van der Waals surface area contributed by atoms with Crippen molar-refractivity contribution in [3.05, 3.63) is 18.2 Å². The zero-order chi connectivity index (χ0) is 16.7. The van der Waals surface area contributed by atoms with Crippen molar-refractivity contribution in [3.63, 3.8) is 0 Å². The van der Waals surface area contributed by atoms with E-state index in [0.717, 1.165) is 25.8 Å². The van der Waals surface area contributed by atoms with E-state index >= 15 is 0 Å². The van der Waals surface area contributed by atoms with E-state index < -0.39 is 0 Å². The second-order valence-corrected chi connectivity index (χ2v) is 5.66. The second-order valence-electron chi connectivity index (χ2n) is 5.66. The number of likely N-dealkylation sites (N-methyl/N-ethyl adjacent to an activating group) is 1. The van der Waals surface area contributed by atoms with Crippen molar-refractivity contribution in [2.24, 2.45) is 0 Å². The molecular weight excluding hydrogens is 296 g/mol. The summed E-state index contributed by atoms with van der Waals surface area (Å²) in [5, 5.41) is 3.23. The van der Waals surface area contributed by atoms with Crippen molar-refractivity contribution in [3.8, 4) is 17.2 Å². The second kappa shape index (κ2) is 8.62. The van der Waals surface area contributed by atoms with Crippen molar-refractivity contribution in [2.75, 3.05) is 41.0 Å². The monoisotopic (exact) mass is 322 g/mol. The number of benzene rings is 1. The van der Waals surface area contributed by atoms with E-state index in [0.29, 0.717) is 30.4 Å². The number of nitrogens with one attached hydrogen (secondary N) is 1. The normalized spacial score (nSPS) is 16.9. The smallest absolute Gasteiger partial charge is 0.239 e. The van der Waals surface area contributed by atoms with Gasteiger partial charge in [-0.15, -0.1) is 0 Å². The third-order valence-corrected chi connectivity index (χ3v) is 3.97. The van der Waals surface area contributed by atoms with Gasteiger partial charge in [-0.3, -0.25) is 4.79 Å². The van der Waals surface area contributed by atoms with Gasteiger partial charge in [0.05, 0.1) is 26.9 Å². The van der Waals surface area contributed by atoms with Gasteiger partial charge in [0, 0.05) is 31.8 Å². The van der Waals surface area contributed by atoms with Gasteiger partial charge in [-0.2, -0.15) is 0 Å². The van der Waals surface area contributed by atoms with Crippen LogP contribution in [0.15, 0.2) is 18.2 Å². The predicted molar refractivity (Wildman–Crippen MR) is 88.3 cm³/mol. The molecular formula is C17H26N2O4. The van der Waals surface area contributed by atoms with E-state index in [9.17, 15) is 4.79 Å². The van der Waals surface area contributed by atoms with Crippen molar-refractivity contribution in [1.82, 2.24) is 10.2 Å². The first-order chi connectivity index (χ1) is 11.1. The fourth-order valence-corrected chi connectivity index (χ4v) is 2.63. The number of carbonyl (C=O) groups excluding carboxylic acids is 1. The summed E-state index contributed by atoms with van der Waals surface area (Å²) >= 11 is 0. The molecule has 0 aromatic heterocycles. The first kappa shape index (κ1) is 17.4. The average molecular weight is 322 g/mol.